The first-order chi connectivity index (χ1) is 8.54. The van der Waals surface area contributed by atoms with Gasteiger partial charge in [-0.25, -0.2) is 0 Å². The van der Waals surface area contributed by atoms with Crippen molar-refractivity contribution in [2.24, 2.45) is 0 Å². The van der Waals surface area contributed by atoms with Crippen LogP contribution in [0.15, 0.2) is 5.16 Å². The fourth-order valence-electron chi connectivity index (χ4n) is 1.32. The van der Waals surface area contributed by atoms with Gasteiger partial charge in [-0.05, 0) is 6.42 Å². The minimum absolute atomic E-state index is 0.108. The van der Waals surface area contributed by atoms with E-state index in [1.165, 1.54) is 0 Å². The van der Waals surface area contributed by atoms with Gasteiger partial charge in [0.15, 0.2) is 11.0 Å². The second kappa shape index (κ2) is 7.49. The molecule has 1 unspecified atom stereocenters. The van der Waals surface area contributed by atoms with Gasteiger partial charge in [0.25, 0.3) is 0 Å². The number of carboxylic acids is 1. The number of hydrogen-bond donors (Lipinski definition) is 2. The quantitative estimate of drug-likeness (QED) is 0.635. The Morgan fingerprint density at radius 1 is 1.50 bits per heavy atom. The summed E-state index contributed by atoms with van der Waals surface area (Å²) in [6, 6.07) is 0. The maximum atomic E-state index is 11.0. The van der Waals surface area contributed by atoms with Crippen LogP contribution in [0.1, 0.15) is 12.2 Å². The molecule has 9 heteroatoms. The average molecular weight is 293 g/mol. The van der Waals surface area contributed by atoms with Crippen LogP contribution >= 0.6 is 11.8 Å². The summed E-state index contributed by atoms with van der Waals surface area (Å²) in [5.74, 6) is -0.102. The van der Waals surface area contributed by atoms with E-state index in [1.807, 2.05) is 0 Å². The molecule has 18 heavy (non-hydrogen) atoms. The third-order valence-corrected chi connectivity index (χ3v) is 3.89. The largest absolute Gasteiger partial charge is 0.481 e. The normalized spacial score (nSPS) is 12.6. The molecule has 0 aliphatic rings. The standard InChI is InChI=1S/C9H15N3O4S2/c1-18(16)4-2-3-12-7(5-13)10-11-9(12)17-6-8(14)15/h13H,2-6H2,1H3,(H,14,15). The van der Waals surface area contributed by atoms with Crippen molar-refractivity contribution in [2.75, 3.05) is 17.8 Å². The van der Waals surface area contributed by atoms with Gasteiger partial charge in [0.05, 0.1) is 5.75 Å². The van der Waals surface area contributed by atoms with Crippen LogP contribution in [0.25, 0.3) is 0 Å². The number of aliphatic carboxylic acids is 1. The molecule has 1 atom stereocenters. The Kier molecular flexibility index (Phi) is 6.30. The van der Waals surface area contributed by atoms with Gasteiger partial charge in [-0.2, -0.15) is 0 Å². The summed E-state index contributed by atoms with van der Waals surface area (Å²) in [5.41, 5.74) is 0. The predicted molar refractivity (Wildman–Crippen MR) is 67.9 cm³/mol. The molecule has 1 rings (SSSR count). The van der Waals surface area contributed by atoms with Gasteiger partial charge in [0.1, 0.15) is 6.61 Å². The predicted octanol–water partition coefficient (Wildman–Crippen LogP) is -0.284. The van der Waals surface area contributed by atoms with Gasteiger partial charge in [-0.1, -0.05) is 11.8 Å². The first-order valence-corrected chi connectivity index (χ1v) is 7.93. The zero-order valence-corrected chi connectivity index (χ0v) is 11.5. The summed E-state index contributed by atoms with van der Waals surface area (Å²) >= 11 is 1.05. The topological polar surface area (TPSA) is 105 Å². The summed E-state index contributed by atoms with van der Waals surface area (Å²) in [6.07, 6.45) is 2.29. The maximum Gasteiger partial charge on any atom is 0.313 e. The highest BCUT2D eigenvalue weighted by molar-refractivity contribution is 7.99. The Hall–Kier alpha value is -0.930. The highest BCUT2D eigenvalue weighted by atomic mass is 32.2. The maximum absolute atomic E-state index is 11.0. The van der Waals surface area contributed by atoms with Gasteiger partial charge in [0.2, 0.25) is 0 Å². The molecule has 1 aromatic heterocycles. The zero-order valence-electron chi connectivity index (χ0n) is 9.90. The lowest BCUT2D eigenvalue weighted by atomic mass is 10.4. The Bertz CT molecular complexity index is 435. The first kappa shape index (κ1) is 15.1. The van der Waals surface area contributed by atoms with Crippen molar-refractivity contribution in [3.05, 3.63) is 5.82 Å². The van der Waals surface area contributed by atoms with E-state index in [0.29, 0.717) is 29.7 Å². The Balaban J connectivity index is 2.68. The van der Waals surface area contributed by atoms with E-state index < -0.39 is 16.8 Å². The monoisotopic (exact) mass is 293 g/mol. The number of aliphatic hydroxyl groups is 1. The lowest BCUT2D eigenvalue weighted by molar-refractivity contribution is -0.133. The van der Waals surface area contributed by atoms with Crippen molar-refractivity contribution in [3.8, 4) is 0 Å². The van der Waals surface area contributed by atoms with Gasteiger partial charge >= 0.3 is 5.97 Å². The number of rotatable bonds is 8. The molecule has 0 saturated carbocycles. The van der Waals surface area contributed by atoms with E-state index >= 15 is 0 Å². The SMILES string of the molecule is CS(=O)CCCn1c(CO)nnc1SCC(=O)O. The van der Waals surface area contributed by atoms with Crippen LogP contribution in [-0.2, 0) is 28.7 Å². The minimum atomic E-state index is -0.935. The van der Waals surface area contributed by atoms with Crippen LogP contribution in [0, 0.1) is 0 Å². The van der Waals surface area contributed by atoms with Crippen LogP contribution in [0.4, 0.5) is 0 Å². The van der Waals surface area contributed by atoms with E-state index in [2.05, 4.69) is 10.2 Å². The average Bonchev–Trinajstić information content (AvgIpc) is 2.68. The third-order valence-electron chi connectivity index (χ3n) is 2.07. The molecule has 0 spiro atoms. The number of aliphatic hydroxyl groups excluding tert-OH is 1. The smallest absolute Gasteiger partial charge is 0.313 e. The number of thioether (sulfide) groups is 1. The van der Waals surface area contributed by atoms with Crippen LogP contribution in [0.2, 0.25) is 0 Å². The molecule has 0 amide bonds. The number of carbonyl (C=O) groups is 1. The van der Waals surface area contributed by atoms with Crippen molar-refractivity contribution in [3.63, 3.8) is 0 Å². The summed E-state index contributed by atoms with van der Waals surface area (Å²) in [4.78, 5) is 10.5. The fraction of sp³-hybridized carbons (Fsp3) is 0.667. The highest BCUT2D eigenvalue weighted by Gasteiger charge is 2.13. The highest BCUT2D eigenvalue weighted by Crippen LogP contribution is 2.17. The molecular formula is C9H15N3O4S2. The summed E-state index contributed by atoms with van der Waals surface area (Å²) < 4.78 is 12.6. The van der Waals surface area contributed by atoms with Crippen LogP contribution in [0.3, 0.4) is 0 Å². The van der Waals surface area contributed by atoms with E-state index in [9.17, 15) is 9.00 Å². The Morgan fingerprint density at radius 2 is 2.22 bits per heavy atom. The molecular weight excluding hydrogens is 278 g/mol. The first-order valence-electron chi connectivity index (χ1n) is 5.22. The number of hydrogen-bond acceptors (Lipinski definition) is 6. The number of nitrogens with zero attached hydrogens (tertiary/aromatic N) is 3. The Labute approximate surface area is 111 Å². The molecule has 0 aliphatic carbocycles. The molecule has 0 bridgehead atoms. The Morgan fingerprint density at radius 3 is 2.78 bits per heavy atom. The number of aromatic nitrogens is 3. The van der Waals surface area contributed by atoms with Gasteiger partial charge in [0, 0.05) is 29.4 Å². The second-order valence-electron chi connectivity index (χ2n) is 3.52. The molecule has 2 N–H and O–H groups in total. The van der Waals surface area contributed by atoms with Crippen molar-refractivity contribution in [1.29, 1.82) is 0 Å². The molecule has 0 saturated heterocycles. The van der Waals surface area contributed by atoms with Gasteiger partial charge in [-0.15, -0.1) is 10.2 Å². The third kappa shape index (κ3) is 4.75. The zero-order chi connectivity index (χ0) is 13.5. The van der Waals surface area contributed by atoms with E-state index in [4.69, 9.17) is 10.2 Å². The van der Waals surface area contributed by atoms with Crippen molar-refractivity contribution in [2.45, 2.75) is 24.7 Å². The van der Waals surface area contributed by atoms with E-state index in [1.54, 1.807) is 10.8 Å². The van der Waals surface area contributed by atoms with Crippen molar-refractivity contribution >= 4 is 28.5 Å². The number of carboxylic acid groups (broad SMARTS) is 1. The van der Waals surface area contributed by atoms with E-state index in [-0.39, 0.29) is 12.4 Å². The second-order valence-corrected chi connectivity index (χ2v) is 6.02. The summed E-state index contributed by atoms with van der Waals surface area (Å²) in [7, 11) is -0.871. The fourth-order valence-corrected chi connectivity index (χ4v) is 2.56. The lowest BCUT2D eigenvalue weighted by Gasteiger charge is -2.07. The molecule has 0 aromatic carbocycles. The lowest BCUT2D eigenvalue weighted by Crippen LogP contribution is -2.09. The molecule has 1 aromatic rings. The summed E-state index contributed by atoms with van der Waals surface area (Å²) in [6.45, 7) is 0.264. The van der Waals surface area contributed by atoms with Crippen molar-refractivity contribution in [1.82, 2.24) is 14.8 Å². The van der Waals surface area contributed by atoms with Gasteiger partial charge < -0.3 is 14.8 Å². The molecule has 0 radical (unpaired) electrons. The molecule has 0 aliphatic heterocycles. The molecule has 0 fully saturated rings. The summed E-state index contributed by atoms with van der Waals surface area (Å²) in [5, 5.41) is 25.8. The van der Waals surface area contributed by atoms with Crippen LogP contribution < -0.4 is 0 Å². The molecule has 1 heterocycles. The van der Waals surface area contributed by atoms with E-state index in [0.717, 1.165) is 11.8 Å². The van der Waals surface area contributed by atoms with Gasteiger partial charge in [-0.3, -0.25) is 9.00 Å². The minimum Gasteiger partial charge on any atom is -0.481 e. The molecule has 102 valence electrons. The van der Waals surface area contributed by atoms with Crippen LogP contribution in [0.5, 0.6) is 0 Å². The molecule has 7 nitrogen and oxygen atoms in total. The van der Waals surface area contributed by atoms with Crippen molar-refractivity contribution < 1.29 is 19.2 Å². The van der Waals surface area contributed by atoms with Crippen LogP contribution in [-0.4, -0.2) is 52.9 Å².